The van der Waals surface area contributed by atoms with Crippen LogP contribution >= 0.6 is 0 Å². The number of aromatic nitrogens is 2. The summed E-state index contributed by atoms with van der Waals surface area (Å²) in [5.41, 5.74) is 6.36. The normalized spacial score (nSPS) is 21.7. The zero-order valence-corrected chi connectivity index (χ0v) is 8.89. The van der Waals surface area contributed by atoms with Crippen LogP contribution < -0.4 is 10.6 Å². The number of morpholine rings is 1. The van der Waals surface area contributed by atoms with Crippen molar-refractivity contribution in [3.63, 3.8) is 0 Å². The van der Waals surface area contributed by atoms with Crippen molar-refractivity contribution in [3.8, 4) is 0 Å². The molecule has 0 aromatic carbocycles. The second-order valence-corrected chi connectivity index (χ2v) is 3.70. The van der Waals surface area contributed by atoms with Gasteiger partial charge in [0.1, 0.15) is 5.82 Å². The van der Waals surface area contributed by atoms with Crippen LogP contribution in [0.1, 0.15) is 12.6 Å². The Morgan fingerprint density at radius 1 is 1.60 bits per heavy atom. The number of rotatable bonds is 2. The number of nitrogens with two attached hydrogens (primary N) is 1. The molecule has 1 saturated heterocycles. The van der Waals surface area contributed by atoms with Crippen molar-refractivity contribution in [1.82, 2.24) is 9.97 Å². The topological polar surface area (TPSA) is 64.3 Å². The van der Waals surface area contributed by atoms with Crippen LogP contribution in [0.3, 0.4) is 0 Å². The first kappa shape index (κ1) is 10.3. The molecular formula is C10H16N4O. The van der Waals surface area contributed by atoms with Crippen molar-refractivity contribution in [1.29, 1.82) is 0 Å². The summed E-state index contributed by atoms with van der Waals surface area (Å²) >= 11 is 0. The molecule has 1 aromatic rings. The van der Waals surface area contributed by atoms with E-state index in [1.165, 1.54) is 0 Å². The van der Waals surface area contributed by atoms with Crippen molar-refractivity contribution < 1.29 is 4.74 Å². The Kier molecular flexibility index (Phi) is 3.13. The van der Waals surface area contributed by atoms with Crippen LogP contribution in [-0.4, -0.2) is 35.8 Å². The minimum absolute atomic E-state index is 0.252. The molecule has 2 heterocycles. The Balaban J connectivity index is 2.13. The first-order valence-electron chi connectivity index (χ1n) is 5.17. The average molecular weight is 208 g/mol. The summed E-state index contributed by atoms with van der Waals surface area (Å²) in [6.07, 6.45) is 3.73. The molecular weight excluding hydrogens is 192 g/mol. The van der Waals surface area contributed by atoms with Crippen LogP contribution in [0.15, 0.2) is 12.4 Å². The van der Waals surface area contributed by atoms with Crippen LogP contribution in [0, 0.1) is 0 Å². The van der Waals surface area contributed by atoms with Gasteiger partial charge < -0.3 is 15.4 Å². The van der Waals surface area contributed by atoms with Gasteiger partial charge in [0.05, 0.1) is 24.6 Å². The Labute approximate surface area is 89.3 Å². The molecule has 1 unspecified atom stereocenters. The van der Waals surface area contributed by atoms with E-state index in [2.05, 4.69) is 21.8 Å². The van der Waals surface area contributed by atoms with E-state index in [1.807, 2.05) is 0 Å². The molecule has 2 rings (SSSR count). The molecule has 1 aromatic heterocycles. The summed E-state index contributed by atoms with van der Waals surface area (Å²) in [5.74, 6) is 0.896. The van der Waals surface area contributed by atoms with Crippen LogP contribution in [0.5, 0.6) is 0 Å². The van der Waals surface area contributed by atoms with E-state index in [9.17, 15) is 0 Å². The highest BCUT2D eigenvalue weighted by Crippen LogP contribution is 2.14. The second-order valence-electron chi connectivity index (χ2n) is 3.70. The SMILES string of the molecule is CC1CN(c2cncc(CN)n2)CCO1. The number of hydrogen-bond donors (Lipinski definition) is 1. The van der Waals surface area contributed by atoms with Crippen molar-refractivity contribution in [3.05, 3.63) is 18.1 Å². The van der Waals surface area contributed by atoms with E-state index in [1.54, 1.807) is 12.4 Å². The Morgan fingerprint density at radius 3 is 3.20 bits per heavy atom. The van der Waals surface area contributed by atoms with Gasteiger partial charge in [-0.2, -0.15) is 0 Å². The molecule has 5 heteroatoms. The lowest BCUT2D eigenvalue weighted by Crippen LogP contribution is -2.41. The van der Waals surface area contributed by atoms with E-state index in [0.717, 1.165) is 31.2 Å². The number of hydrogen-bond acceptors (Lipinski definition) is 5. The highest BCUT2D eigenvalue weighted by molar-refractivity contribution is 5.36. The monoisotopic (exact) mass is 208 g/mol. The third-order valence-electron chi connectivity index (χ3n) is 2.45. The van der Waals surface area contributed by atoms with E-state index in [0.29, 0.717) is 6.54 Å². The summed E-state index contributed by atoms with van der Waals surface area (Å²) in [7, 11) is 0. The maximum atomic E-state index is 5.53. The van der Waals surface area contributed by atoms with Crippen LogP contribution in [-0.2, 0) is 11.3 Å². The molecule has 1 aliphatic heterocycles. The molecule has 0 bridgehead atoms. The van der Waals surface area contributed by atoms with E-state index < -0.39 is 0 Å². The van der Waals surface area contributed by atoms with Gasteiger partial charge in [-0.05, 0) is 6.92 Å². The van der Waals surface area contributed by atoms with Crippen molar-refractivity contribution in [2.75, 3.05) is 24.6 Å². The second kappa shape index (κ2) is 4.55. The molecule has 0 radical (unpaired) electrons. The molecule has 82 valence electrons. The maximum absolute atomic E-state index is 5.53. The summed E-state index contributed by atoms with van der Waals surface area (Å²) in [6.45, 7) is 4.97. The highest BCUT2D eigenvalue weighted by Gasteiger charge is 2.18. The highest BCUT2D eigenvalue weighted by atomic mass is 16.5. The zero-order chi connectivity index (χ0) is 10.7. The van der Waals surface area contributed by atoms with Gasteiger partial charge in [0.2, 0.25) is 0 Å². The van der Waals surface area contributed by atoms with Crippen LogP contribution in [0.2, 0.25) is 0 Å². The van der Waals surface area contributed by atoms with Gasteiger partial charge in [0, 0.05) is 25.8 Å². The first-order valence-corrected chi connectivity index (χ1v) is 5.17. The minimum atomic E-state index is 0.252. The van der Waals surface area contributed by atoms with Crippen LogP contribution in [0.4, 0.5) is 5.82 Å². The largest absolute Gasteiger partial charge is 0.375 e. The van der Waals surface area contributed by atoms with Gasteiger partial charge in [-0.1, -0.05) is 0 Å². The Bertz CT molecular complexity index is 331. The predicted molar refractivity (Wildman–Crippen MR) is 57.6 cm³/mol. The number of anilines is 1. The fourth-order valence-corrected chi connectivity index (χ4v) is 1.67. The zero-order valence-electron chi connectivity index (χ0n) is 8.89. The van der Waals surface area contributed by atoms with Crippen LogP contribution in [0.25, 0.3) is 0 Å². The number of nitrogens with zero attached hydrogens (tertiary/aromatic N) is 3. The minimum Gasteiger partial charge on any atom is -0.375 e. The summed E-state index contributed by atoms with van der Waals surface area (Å²) < 4.78 is 5.47. The maximum Gasteiger partial charge on any atom is 0.147 e. The quantitative estimate of drug-likeness (QED) is 0.750. The molecule has 15 heavy (non-hydrogen) atoms. The summed E-state index contributed by atoms with van der Waals surface area (Å²) in [5, 5.41) is 0. The lowest BCUT2D eigenvalue weighted by molar-refractivity contribution is 0.0529. The lowest BCUT2D eigenvalue weighted by atomic mass is 10.3. The lowest BCUT2D eigenvalue weighted by Gasteiger charge is -2.31. The van der Waals surface area contributed by atoms with Gasteiger partial charge in [-0.25, -0.2) is 4.98 Å². The van der Waals surface area contributed by atoms with E-state index >= 15 is 0 Å². The summed E-state index contributed by atoms with van der Waals surface area (Å²) in [4.78, 5) is 10.7. The predicted octanol–water partition coefficient (Wildman–Crippen LogP) is 0.160. The van der Waals surface area contributed by atoms with Crippen molar-refractivity contribution in [2.24, 2.45) is 5.73 Å². The molecule has 1 atom stereocenters. The molecule has 0 saturated carbocycles. The van der Waals surface area contributed by atoms with Gasteiger partial charge in [0.25, 0.3) is 0 Å². The third-order valence-corrected chi connectivity index (χ3v) is 2.45. The summed E-state index contributed by atoms with van der Waals surface area (Å²) in [6, 6.07) is 0. The van der Waals surface area contributed by atoms with Gasteiger partial charge in [-0.3, -0.25) is 4.98 Å². The molecule has 2 N–H and O–H groups in total. The average Bonchev–Trinajstić information content (AvgIpc) is 2.29. The molecule has 0 spiro atoms. The Hall–Kier alpha value is -1.20. The standard InChI is InChI=1S/C10H16N4O/c1-8-7-14(2-3-15-8)10-6-12-5-9(4-11)13-10/h5-6,8H,2-4,7,11H2,1H3. The van der Waals surface area contributed by atoms with E-state index in [4.69, 9.17) is 10.5 Å². The Morgan fingerprint density at radius 2 is 2.47 bits per heavy atom. The molecule has 0 aliphatic carbocycles. The van der Waals surface area contributed by atoms with Crippen molar-refractivity contribution in [2.45, 2.75) is 19.6 Å². The van der Waals surface area contributed by atoms with Gasteiger partial charge in [-0.15, -0.1) is 0 Å². The molecule has 1 aliphatic rings. The first-order chi connectivity index (χ1) is 7.29. The molecule has 5 nitrogen and oxygen atoms in total. The number of ether oxygens (including phenoxy) is 1. The van der Waals surface area contributed by atoms with Gasteiger partial charge >= 0.3 is 0 Å². The fraction of sp³-hybridized carbons (Fsp3) is 0.600. The molecule has 1 fully saturated rings. The van der Waals surface area contributed by atoms with Gasteiger partial charge in [0.15, 0.2) is 0 Å². The smallest absolute Gasteiger partial charge is 0.147 e. The fourth-order valence-electron chi connectivity index (χ4n) is 1.67. The van der Waals surface area contributed by atoms with E-state index in [-0.39, 0.29) is 6.10 Å². The molecule has 0 amide bonds. The van der Waals surface area contributed by atoms with Crippen molar-refractivity contribution >= 4 is 5.82 Å². The third kappa shape index (κ3) is 2.43.